The average Bonchev–Trinajstić information content (AvgIpc) is 2.56. The lowest BCUT2D eigenvalue weighted by Crippen LogP contribution is -2.27. The van der Waals surface area contributed by atoms with Crippen LogP contribution in [-0.4, -0.2) is 32.6 Å². The third-order valence-electron chi connectivity index (χ3n) is 3.41. The fraction of sp³-hybridized carbons (Fsp3) is 0.235. The Morgan fingerprint density at radius 3 is 2.48 bits per heavy atom. The molecule has 0 unspecified atom stereocenters. The molecule has 0 fully saturated rings. The summed E-state index contributed by atoms with van der Waals surface area (Å²) in [6, 6.07) is 9.82. The Labute approximate surface area is 145 Å². The molecule has 2 rings (SSSR count). The molecule has 6 nitrogen and oxygen atoms in total. The van der Waals surface area contributed by atoms with Gasteiger partial charge in [0.2, 0.25) is 10.0 Å². The topological polar surface area (TPSA) is 92.7 Å². The highest BCUT2D eigenvalue weighted by Crippen LogP contribution is 2.17. The van der Waals surface area contributed by atoms with Crippen LogP contribution in [0.25, 0.3) is 0 Å². The highest BCUT2D eigenvalue weighted by Gasteiger charge is 2.20. The highest BCUT2D eigenvalue weighted by molar-refractivity contribution is 7.89. The molecule has 0 radical (unpaired) electrons. The van der Waals surface area contributed by atoms with Crippen LogP contribution in [0.5, 0.6) is 5.75 Å². The van der Waals surface area contributed by atoms with Gasteiger partial charge in [0.15, 0.2) is 0 Å². The van der Waals surface area contributed by atoms with Gasteiger partial charge >= 0.3 is 5.97 Å². The van der Waals surface area contributed by atoms with E-state index in [-0.39, 0.29) is 12.1 Å². The van der Waals surface area contributed by atoms with Crippen molar-refractivity contribution in [1.82, 2.24) is 4.72 Å². The number of aromatic carboxylic acids is 1. The van der Waals surface area contributed by atoms with E-state index in [1.807, 2.05) is 19.1 Å². The second-order valence-corrected chi connectivity index (χ2v) is 6.91. The molecule has 2 aromatic carbocycles. The quantitative estimate of drug-likeness (QED) is 0.748. The van der Waals surface area contributed by atoms with Crippen molar-refractivity contribution in [3.05, 3.63) is 59.4 Å². The van der Waals surface area contributed by atoms with Gasteiger partial charge < -0.3 is 9.84 Å². The van der Waals surface area contributed by atoms with Crippen LogP contribution in [0.3, 0.4) is 0 Å². The summed E-state index contributed by atoms with van der Waals surface area (Å²) in [5, 5.41) is 8.90. The zero-order valence-electron chi connectivity index (χ0n) is 13.5. The first-order valence-electron chi connectivity index (χ1n) is 7.57. The zero-order chi connectivity index (χ0) is 18.4. The molecule has 0 saturated heterocycles. The Balaban J connectivity index is 2.04. The van der Waals surface area contributed by atoms with Gasteiger partial charge in [0.05, 0.1) is 12.2 Å². The third-order valence-corrected chi connectivity index (χ3v) is 4.88. The largest absolute Gasteiger partial charge is 0.494 e. The number of rotatable bonds is 8. The number of carboxylic acids is 1. The van der Waals surface area contributed by atoms with Crippen molar-refractivity contribution in [2.45, 2.75) is 18.2 Å². The maximum atomic E-state index is 13.8. The van der Waals surface area contributed by atoms with E-state index < -0.39 is 26.7 Å². The zero-order valence-corrected chi connectivity index (χ0v) is 14.3. The van der Waals surface area contributed by atoms with Gasteiger partial charge in [0.25, 0.3) is 0 Å². The van der Waals surface area contributed by atoms with E-state index in [1.54, 1.807) is 12.1 Å². The first-order chi connectivity index (χ1) is 11.8. The standard InChI is InChI=1S/C17H18FNO5S/c1-2-24-14-6-3-12(4-7-14)9-10-19-25(22,23)16-11-13(17(20)21)5-8-15(16)18/h3-8,11,19H,2,9-10H2,1H3,(H,20,21). The fourth-order valence-electron chi connectivity index (χ4n) is 2.17. The molecule has 2 N–H and O–H groups in total. The molecule has 0 aliphatic rings. The molecule has 2 aromatic rings. The van der Waals surface area contributed by atoms with E-state index >= 15 is 0 Å². The summed E-state index contributed by atoms with van der Waals surface area (Å²) in [6.45, 7) is 2.48. The van der Waals surface area contributed by atoms with Crippen LogP contribution in [0.15, 0.2) is 47.4 Å². The number of halogens is 1. The van der Waals surface area contributed by atoms with E-state index in [4.69, 9.17) is 9.84 Å². The van der Waals surface area contributed by atoms with Crippen molar-refractivity contribution >= 4 is 16.0 Å². The Hall–Kier alpha value is -2.45. The maximum absolute atomic E-state index is 13.8. The second kappa shape index (κ2) is 8.09. The lowest BCUT2D eigenvalue weighted by atomic mass is 10.1. The molecular formula is C17H18FNO5S. The maximum Gasteiger partial charge on any atom is 0.335 e. The van der Waals surface area contributed by atoms with Crippen LogP contribution in [0.2, 0.25) is 0 Å². The monoisotopic (exact) mass is 367 g/mol. The van der Waals surface area contributed by atoms with Crippen LogP contribution >= 0.6 is 0 Å². The summed E-state index contributed by atoms with van der Waals surface area (Å²) in [6.07, 6.45) is 0.395. The van der Waals surface area contributed by atoms with Crippen molar-refractivity contribution in [3.8, 4) is 5.75 Å². The Morgan fingerprint density at radius 2 is 1.88 bits per heavy atom. The highest BCUT2D eigenvalue weighted by atomic mass is 32.2. The van der Waals surface area contributed by atoms with Crippen LogP contribution in [0.4, 0.5) is 4.39 Å². The third kappa shape index (κ3) is 5.01. The first kappa shape index (κ1) is 18.9. The summed E-state index contributed by atoms with van der Waals surface area (Å²) >= 11 is 0. The van der Waals surface area contributed by atoms with E-state index in [0.29, 0.717) is 13.0 Å². The molecule has 0 aliphatic carbocycles. The summed E-state index contributed by atoms with van der Waals surface area (Å²) in [5.74, 6) is -1.61. The molecule has 0 bridgehead atoms. The van der Waals surface area contributed by atoms with Crippen molar-refractivity contribution < 1.29 is 27.4 Å². The molecule has 0 atom stereocenters. The molecule has 0 saturated carbocycles. The van der Waals surface area contributed by atoms with Crippen molar-refractivity contribution in [1.29, 1.82) is 0 Å². The number of sulfonamides is 1. The number of benzene rings is 2. The minimum Gasteiger partial charge on any atom is -0.494 e. The second-order valence-electron chi connectivity index (χ2n) is 5.18. The number of carboxylic acid groups (broad SMARTS) is 1. The van der Waals surface area contributed by atoms with Crippen molar-refractivity contribution in [2.75, 3.05) is 13.2 Å². The minimum atomic E-state index is -4.15. The average molecular weight is 367 g/mol. The van der Waals surface area contributed by atoms with E-state index in [9.17, 15) is 17.6 Å². The molecule has 0 aliphatic heterocycles. The lowest BCUT2D eigenvalue weighted by Gasteiger charge is -2.09. The molecule has 25 heavy (non-hydrogen) atoms. The Morgan fingerprint density at radius 1 is 1.20 bits per heavy atom. The molecular weight excluding hydrogens is 349 g/mol. The SMILES string of the molecule is CCOc1ccc(CCNS(=O)(=O)c2cc(C(=O)O)ccc2F)cc1. The first-order valence-corrected chi connectivity index (χ1v) is 9.06. The minimum absolute atomic E-state index is 0.0487. The molecule has 0 aromatic heterocycles. The van der Waals surface area contributed by atoms with Gasteiger partial charge in [-0.2, -0.15) is 0 Å². The van der Waals surface area contributed by atoms with Gasteiger partial charge in [-0.3, -0.25) is 0 Å². The predicted molar refractivity (Wildman–Crippen MR) is 89.9 cm³/mol. The molecule has 0 spiro atoms. The van der Waals surface area contributed by atoms with Crippen LogP contribution in [0, 0.1) is 5.82 Å². The number of hydrogen-bond acceptors (Lipinski definition) is 4. The molecule has 0 amide bonds. The summed E-state index contributed by atoms with van der Waals surface area (Å²) in [5.41, 5.74) is 0.583. The summed E-state index contributed by atoms with van der Waals surface area (Å²) in [4.78, 5) is 10.2. The number of nitrogens with one attached hydrogen (secondary N) is 1. The van der Waals surface area contributed by atoms with E-state index in [0.717, 1.165) is 29.5 Å². The van der Waals surface area contributed by atoms with Gasteiger partial charge in [-0.05, 0) is 49.2 Å². The van der Waals surface area contributed by atoms with E-state index in [1.165, 1.54) is 0 Å². The van der Waals surface area contributed by atoms with Gasteiger partial charge in [-0.15, -0.1) is 0 Å². The lowest BCUT2D eigenvalue weighted by molar-refractivity contribution is 0.0696. The summed E-state index contributed by atoms with van der Waals surface area (Å²) < 4.78 is 45.8. The van der Waals surface area contributed by atoms with Crippen LogP contribution < -0.4 is 9.46 Å². The van der Waals surface area contributed by atoms with Gasteiger partial charge in [-0.1, -0.05) is 12.1 Å². The Kier molecular flexibility index (Phi) is 6.11. The van der Waals surface area contributed by atoms with Gasteiger partial charge in [0.1, 0.15) is 16.5 Å². The number of carbonyl (C=O) groups is 1. The number of hydrogen-bond donors (Lipinski definition) is 2. The number of ether oxygens (including phenoxy) is 1. The van der Waals surface area contributed by atoms with Gasteiger partial charge in [-0.25, -0.2) is 22.3 Å². The van der Waals surface area contributed by atoms with Crippen LogP contribution in [0.1, 0.15) is 22.8 Å². The predicted octanol–water partition coefficient (Wildman–Crippen LogP) is 2.44. The van der Waals surface area contributed by atoms with E-state index in [2.05, 4.69) is 4.72 Å². The molecule has 8 heteroatoms. The smallest absolute Gasteiger partial charge is 0.335 e. The molecule has 134 valence electrons. The summed E-state index contributed by atoms with van der Waals surface area (Å²) in [7, 11) is -4.15. The van der Waals surface area contributed by atoms with Crippen molar-refractivity contribution in [2.24, 2.45) is 0 Å². The Bertz CT molecular complexity index is 850. The van der Waals surface area contributed by atoms with Crippen molar-refractivity contribution in [3.63, 3.8) is 0 Å². The van der Waals surface area contributed by atoms with Gasteiger partial charge in [0, 0.05) is 6.54 Å². The normalized spacial score (nSPS) is 11.3. The van der Waals surface area contributed by atoms with Crippen LogP contribution in [-0.2, 0) is 16.4 Å². The fourth-order valence-corrected chi connectivity index (χ4v) is 3.30. The molecule has 0 heterocycles.